The minimum absolute atomic E-state index is 0.153. The van der Waals surface area contributed by atoms with Gasteiger partial charge in [-0.25, -0.2) is 0 Å². The summed E-state index contributed by atoms with van der Waals surface area (Å²) in [5.41, 5.74) is 2.50. The number of hydrogen-bond donors (Lipinski definition) is 1. The van der Waals surface area contributed by atoms with Crippen molar-refractivity contribution >= 4 is 22.8 Å². The lowest BCUT2D eigenvalue weighted by molar-refractivity contribution is -0.119. The number of anilines is 1. The Morgan fingerprint density at radius 2 is 1.71 bits per heavy atom. The lowest BCUT2D eigenvalue weighted by Gasteiger charge is -2.12. The molecule has 0 atom stereocenters. The van der Waals surface area contributed by atoms with Crippen LogP contribution < -0.4 is 10.7 Å². The number of carbonyl (C=O) groups excluding carboxylic acids is 1. The maximum absolute atomic E-state index is 13.0. The van der Waals surface area contributed by atoms with E-state index < -0.39 is 0 Å². The van der Waals surface area contributed by atoms with Gasteiger partial charge in [0.2, 0.25) is 17.2 Å². The molecule has 0 bridgehead atoms. The normalized spacial score (nSPS) is 11.0. The van der Waals surface area contributed by atoms with Gasteiger partial charge in [-0.15, -0.1) is 0 Å². The van der Waals surface area contributed by atoms with Crippen LogP contribution in [-0.2, 0) is 4.79 Å². The van der Waals surface area contributed by atoms with Crippen LogP contribution in [0, 0.1) is 12.8 Å². The molecule has 3 rings (SSSR count). The molecule has 1 N–H and O–H groups in total. The number of fused-ring (bicyclic) bond motifs is 1. The van der Waals surface area contributed by atoms with E-state index >= 15 is 0 Å². The Bertz CT molecular complexity index is 953. The summed E-state index contributed by atoms with van der Waals surface area (Å²) >= 11 is 0. The molecule has 1 heterocycles. The summed E-state index contributed by atoms with van der Waals surface area (Å²) in [7, 11) is 0. The summed E-state index contributed by atoms with van der Waals surface area (Å²) in [4.78, 5) is 25.1. The van der Waals surface area contributed by atoms with Crippen LogP contribution >= 0.6 is 0 Å². The molecular weight excluding hydrogens is 302 g/mol. The van der Waals surface area contributed by atoms with Crippen LogP contribution in [0.1, 0.15) is 19.4 Å². The highest BCUT2D eigenvalue weighted by Crippen LogP contribution is 2.29. The molecule has 0 aliphatic carbocycles. The molecule has 0 fully saturated rings. The fourth-order valence-corrected chi connectivity index (χ4v) is 2.47. The molecule has 0 unspecified atom stereocenters. The smallest absolute Gasteiger partial charge is 0.229 e. The molecule has 0 radical (unpaired) electrons. The molecule has 3 aromatic rings. The zero-order valence-electron chi connectivity index (χ0n) is 13.9. The third-order valence-electron chi connectivity index (χ3n) is 3.90. The summed E-state index contributed by atoms with van der Waals surface area (Å²) in [5.74, 6) is -0.212. The second-order valence-electron chi connectivity index (χ2n) is 6.14. The van der Waals surface area contributed by atoms with E-state index in [2.05, 4.69) is 5.32 Å². The molecule has 122 valence electrons. The summed E-state index contributed by atoms with van der Waals surface area (Å²) < 4.78 is 5.85. The summed E-state index contributed by atoms with van der Waals surface area (Å²) in [6, 6.07) is 14.6. The molecule has 0 aliphatic rings. The minimum atomic E-state index is -0.215. The van der Waals surface area contributed by atoms with Gasteiger partial charge in [-0.05, 0) is 24.6 Å². The van der Waals surface area contributed by atoms with Crippen LogP contribution in [0.4, 0.5) is 5.88 Å². The van der Waals surface area contributed by atoms with E-state index in [4.69, 9.17) is 4.42 Å². The number of para-hydroxylation sites is 1. The Kier molecular flexibility index (Phi) is 4.21. The summed E-state index contributed by atoms with van der Waals surface area (Å²) in [5, 5.41) is 3.25. The van der Waals surface area contributed by atoms with Crippen molar-refractivity contribution in [2.24, 2.45) is 5.92 Å². The van der Waals surface area contributed by atoms with Crippen LogP contribution in [0.2, 0.25) is 0 Å². The van der Waals surface area contributed by atoms with Crippen molar-refractivity contribution in [3.05, 3.63) is 64.3 Å². The number of carbonyl (C=O) groups is 1. The van der Waals surface area contributed by atoms with Crippen molar-refractivity contribution in [2.75, 3.05) is 5.32 Å². The molecule has 1 aromatic heterocycles. The molecule has 0 saturated heterocycles. The second-order valence-corrected chi connectivity index (χ2v) is 6.14. The van der Waals surface area contributed by atoms with Gasteiger partial charge in [0, 0.05) is 5.92 Å². The molecule has 2 aromatic carbocycles. The SMILES string of the molecule is Cc1ccc(-c2c(NC(=O)C(C)C)oc3ccccc3c2=O)cc1. The Morgan fingerprint density at radius 3 is 2.38 bits per heavy atom. The van der Waals surface area contributed by atoms with Crippen molar-refractivity contribution < 1.29 is 9.21 Å². The van der Waals surface area contributed by atoms with Crippen molar-refractivity contribution in [1.29, 1.82) is 0 Å². The molecule has 0 aliphatic heterocycles. The van der Waals surface area contributed by atoms with Gasteiger partial charge >= 0.3 is 0 Å². The van der Waals surface area contributed by atoms with Crippen LogP contribution in [0.25, 0.3) is 22.1 Å². The van der Waals surface area contributed by atoms with Gasteiger partial charge in [0.25, 0.3) is 0 Å². The number of benzene rings is 2. The number of hydrogen-bond acceptors (Lipinski definition) is 3. The average molecular weight is 321 g/mol. The Labute approximate surface area is 140 Å². The monoisotopic (exact) mass is 321 g/mol. The van der Waals surface area contributed by atoms with Crippen LogP contribution in [0.15, 0.2) is 57.7 Å². The molecule has 0 saturated carbocycles. The van der Waals surface area contributed by atoms with Crippen molar-refractivity contribution in [3.63, 3.8) is 0 Å². The average Bonchev–Trinajstić information content (AvgIpc) is 2.56. The molecule has 24 heavy (non-hydrogen) atoms. The fraction of sp³-hybridized carbons (Fsp3) is 0.200. The van der Waals surface area contributed by atoms with Gasteiger partial charge in [0.1, 0.15) is 5.58 Å². The van der Waals surface area contributed by atoms with Gasteiger partial charge in [-0.3, -0.25) is 14.9 Å². The second kappa shape index (κ2) is 6.32. The minimum Gasteiger partial charge on any atom is -0.439 e. The van der Waals surface area contributed by atoms with Crippen LogP contribution in [0.3, 0.4) is 0 Å². The number of aryl methyl sites for hydroxylation is 1. The standard InChI is InChI=1S/C20H19NO3/c1-12(2)19(23)21-20-17(14-10-8-13(3)9-11-14)18(22)15-6-4-5-7-16(15)24-20/h4-12H,1-3H3,(H,21,23). The number of nitrogens with one attached hydrogen (secondary N) is 1. The molecule has 1 amide bonds. The Balaban J connectivity index is 2.27. The summed E-state index contributed by atoms with van der Waals surface area (Å²) in [6.07, 6.45) is 0. The Morgan fingerprint density at radius 1 is 1.04 bits per heavy atom. The molecule has 4 heteroatoms. The summed E-state index contributed by atoms with van der Waals surface area (Å²) in [6.45, 7) is 5.56. The van der Waals surface area contributed by atoms with Crippen molar-refractivity contribution in [2.45, 2.75) is 20.8 Å². The van der Waals surface area contributed by atoms with E-state index in [9.17, 15) is 9.59 Å². The van der Waals surface area contributed by atoms with Gasteiger partial charge in [-0.1, -0.05) is 55.8 Å². The first kappa shape index (κ1) is 16.0. The fourth-order valence-electron chi connectivity index (χ4n) is 2.47. The van der Waals surface area contributed by atoms with E-state index in [0.717, 1.165) is 11.1 Å². The van der Waals surface area contributed by atoms with Gasteiger partial charge in [0.05, 0.1) is 10.9 Å². The highest BCUT2D eigenvalue weighted by molar-refractivity contribution is 5.96. The predicted octanol–water partition coefficient (Wildman–Crippen LogP) is 4.36. The van der Waals surface area contributed by atoms with E-state index in [1.54, 1.807) is 38.1 Å². The third-order valence-corrected chi connectivity index (χ3v) is 3.90. The zero-order chi connectivity index (χ0) is 17.3. The predicted molar refractivity (Wildman–Crippen MR) is 96.1 cm³/mol. The van der Waals surface area contributed by atoms with Gasteiger partial charge < -0.3 is 4.42 Å². The first-order valence-corrected chi connectivity index (χ1v) is 7.91. The molecular formula is C20H19NO3. The molecule has 4 nitrogen and oxygen atoms in total. The highest BCUT2D eigenvalue weighted by atomic mass is 16.4. The topological polar surface area (TPSA) is 59.3 Å². The molecule has 0 spiro atoms. The van der Waals surface area contributed by atoms with E-state index in [0.29, 0.717) is 16.5 Å². The van der Waals surface area contributed by atoms with Crippen molar-refractivity contribution in [1.82, 2.24) is 0 Å². The van der Waals surface area contributed by atoms with E-state index in [1.807, 2.05) is 31.2 Å². The van der Waals surface area contributed by atoms with Crippen LogP contribution in [0.5, 0.6) is 0 Å². The lowest BCUT2D eigenvalue weighted by atomic mass is 10.0. The van der Waals surface area contributed by atoms with Gasteiger partial charge in [-0.2, -0.15) is 0 Å². The third kappa shape index (κ3) is 2.95. The number of amides is 1. The van der Waals surface area contributed by atoms with Gasteiger partial charge in [0.15, 0.2) is 0 Å². The first-order chi connectivity index (χ1) is 11.5. The largest absolute Gasteiger partial charge is 0.439 e. The van der Waals surface area contributed by atoms with Crippen LogP contribution in [-0.4, -0.2) is 5.91 Å². The van der Waals surface area contributed by atoms with Crippen molar-refractivity contribution in [3.8, 4) is 11.1 Å². The first-order valence-electron chi connectivity index (χ1n) is 7.91. The maximum atomic E-state index is 13.0. The number of rotatable bonds is 3. The lowest BCUT2D eigenvalue weighted by Crippen LogP contribution is -2.20. The maximum Gasteiger partial charge on any atom is 0.229 e. The highest BCUT2D eigenvalue weighted by Gasteiger charge is 2.19. The van der Waals surface area contributed by atoms with E-state index in [1.165, 1.54) is 0 Å². The quantitative estimate of drug-likeness (QED) is 0.779. The Hall–Kier alpha value is -2.88. The van der Waals surface area contributed by atoms with E-state index in [-0.39, 0.29) is 23.1 Å². The zero-order valence-corrected chi connectivity index (χ0v) is 13.9.